The van der Waals surface area contributed by atoms with Gasteiger partial charge in [-0.2, -0.15) is 0 Å². The molecular weight excluding hydrogens is 203 g/mol. The number of hydrogen-bond acceptors (Lipinski definition) is 1. The van der Waals surface area contributed by atoms with E-state index in [1.165, 1.54) is 16.5 Å². The third-order valence-electron chi connectivity index (χ3n) is 2.21. The molecule has 0 saturated carbocycles. The first-order chi connectivity index (χ1) is 7.42. The highest BCUT2D eigenvalue weighted by molar-refractivity contribution is 7.13. The minimum Gasteiger partial charge on any atom is -0.361 e. The average molecular weight is 222 g/mol. The molecule has 0 bridgehead atoms. The highest BCUT2D eigenvalue weighted by Crippen LogP contribution is 2.17. The summed E-state index contributed by atoms with van der Waals surface area (Å²) >= 11 is 0. The molecule has 1 aromatic carbocycles. The maximum atomic E-state index is 3.26. The molecule has 0 aliphatic rings. The smallest absolute Gasteiger partial charge is 0.0456 e. The van der Waals surface area contributed by atoms with E-state index in [1.54, 1.807) is 0 Å². The Balaban J connectivity index is 0.000000531. The van der Waals surface area contributed by atoms with Crippen LogP contribution in [0.3, 0.4) is 0 Å². The molecule has 0 aliphatic carbocycles. The summed E-state index contributed by atoms with van der Waals surface area (Å²) in [5.41, 5.74) is 2.60. The maximum absolute atomic E-state index is 3.26. The Bertz CT molecular complexity index is 395. The Morgan fingerprint density at radius 1 is 1.27 bits per heavy atom. The molecule has 2 N–H and O–H groups in total. The van der Waals surface area contributed by atoms with Gasteiger partial charge in [-0.1, -0.05) is 41.4 Å². The Kier molecular flexibility index (Phi) is 5.38. The molecule has 1 aromatic heterocycles. The van der Waals surface area contributed by atoms with Crippen LogP contribution in [0.25, 0.3) is 10.9 Å². The molecule has 0 radical (unpaired) electrons. The van der Waals surface area contributed by atoms with E-state index in [0.717, 1.165) is 13.0 Å². The zero-order valence-corrected chi connectivity index (χ0v) is 10.5. The predicted molar refractivity (Wildman–Crippen MR) is 71.1 cm³/mol. The molecular formula is C12H19N2P. The molecule has 0 aliphatic heterocycles. The third-order valence-corrected chi connectivity index (χ3v) is 2.50. The lowest BCUT2D eigenvalue weighted by Crippen LogP contribution is -2.02. The van der Waals surface area contributed by atoms with Crippen molar-refractivity contribution < 1.29 is 0 Å². The molecule has 2 aromatic rings. The maximum Gasteiger partial charge on any atom is 0.0456 e. The summed E-state index contributed by atoms with van der Waals surface area (Å²) < 4.78 is 0. The number of fused-ring (bicyclic) bond motifs is 1. The largest absolute Gasteiger partial charge is 0.361 e. The fraction of sp³-hybridized carbons (Fsp3) is 0.333. The Hall–Kier alpha value is -0.850. The van der Waals surface area contributed by atoms with Crippen LogP contribution in [0.4, 0.5) is 0 Å². The van der Waals surface area contributed by atoms with Gasteiger partial charge in [-0.05, 0) is 18.1 Å². The Morgan fingerprint density at radius 3 is 2.73 bits per heavy atom. The summed E-state index contributed by atoms with van der Waals surface area (Å²) in [7, 11) is 2.52. The van der Waals surface area contributed by atoms with E-state index in [4.69, 9.17) is 0 Å². The van der Waals surface area contributed by atoms with Gasteiger partial charge in [-0.15, -0.1) is 0 Å². The van der Waals surface area contributed by atoms with Gasteiger partial charge >= 0.3 is 0 Å². The first-order valence-electron chi connectivity index (χ1n) is 5.40. The van der Waals surface area contributed by atoms with Crippen LogP contribution >= 0.6 is 9.39 Å². The summed E-state index contributed by atoms with van der Waals surface area (Å²) in [6.07, 6.45) is 3.15. The molecule has 0 saturated heterocycles. The lowest BCUT2D eigenvalue weighted by atomic mass is 10.1. The van der Waals surface area contributed by atoms with Crippen LogP contribution in [0.2, 0.25) is 0 Å². The van der Waals surface area contributed by atoms with Gasteiger partial charge in [0.15, 0.2) is 0 Å². The normalized spacial score (nSPS) is 9.80. The van der Waals surface area contributed by atoms with E-state index in [1.807, 2.05) is 13.8 Å². The molecule has 1 atom stereocenters. The topological polar surface area (TPSA) is 27.8 Å². The highest BCUT2D eigenvalue weighted by Gasteiger charge is 2.00. The van der Waals surface area contributed by atoms with Crippen LogP contribution in [0.5, 0.6) is 0 Å². The number of para-hydroxylation sites is 1. The summed E-state index contributed by atoms with van der Waals surface area (Å²) in [6.45, 7) is 4.99. The molecule has 0 amide bonds. The van der Waals surface area contributed by atoms with E-state index in [0.29, 0.717) is 0 Å². The monoisotopic (exact) mass is 222 g/mol. The second kappa shape index (κ2) is 6.60. The molecule has 2 rings (SSSR count). The third kappa shape index (κ3) is 3.05. The fourth-order valence-electron chi connectivity index (χ4n) is 1.55. The first-order valence-corrected chi connectivity index (χ1v) is 5.98. The SMILES string of the molecule is CC.PNCCc1c[nH]c2ccccc12. The zero-order chi connectivity index (χ0) is 11.1. The van der Waals surface area contributed by atoms with Gasteiger partial charge in [0.25, 0.3) is 0 Å². The fourth-order valence-corrected chi connectivity index (χ4v) is 1.69. The molecule has 2 nitrogen and oxygen atoms in total. The van der Waals surface area contributed by atoms with Gasteiger partial charge in [0.05, 0.1) is 0 Å². The lowest BCUT2D eigenvalue weighted by Gasteiger charge is -1.97. The van der Waals surface area contributed by atoms with Crippen LogP contribution in [0, 0.1) is 0 Å². The van der Waals surface area contributed by atoms with Crippen LogP contribution in [-0.2, 0) is 6.42 Å². The van der Waals surface area contributed by atoms with Crippen molar-refractivity contribution in [3.8, 4) is 0 Å². The first kappa shape index (κ1) is 12.2. The molecule has 3 heteroatoms. The lowest BCUT2D eigenvalue weighted by molar-refractivity contribution is 0.915. The number of aromatic amines is 1. The van der Waals surface area contributed by atoms with Crippen LogP contribution in [0.15, 0.2) is 30.5 Å². The summed E-state index contributed by atoms with van der Waals surface area (Å²) in [5, 5.41) is 4.41. The number of benzene rings is 1. The van der Waals surface area contributed by atoms with E-state index in [2.05, 4.69) is 49.9 Å². The Labute approximate surface area is 93.7 Å². The average Bonchev–Trinajstić information content (AvgIpc) is 2.72. The minimum absolute atomic E-state index is 0.993. The summed E-state index contributed by atoms with van der Waals surface area (Å²) in [4.78, 5) is 3.26. The van der Waals surface area contributed by atoms with Crippen LogP contribution in [-0.4, -0.2) is 11.5 Å². The second-order valence-electron chi connectivity index (χ2n) is 3.06. The summed E-state index contributed by atoms with van der Waals surface area (Å²) in [6, 6.07) is 8.39. The van der Waals surface area contributed by atoms with E-state index < -0.39 is 0 Å². The van der Waals surface area contributed by atoms with Gasteiger partial charge in [0.2, 0.25) is 0 Å². The van der Waals surface area contributed by atoms with E-state index >= 15 is 0 Å². The van der Waals surface area contributed by atoms with Crippen molar-refractivity contribution in [2.75, 3.05) is 6.54 Å². The second-order valence-corrected chi connectivity index (χ2v) is 3.47. The van der Waals surface area contributed by atoms with Crippen molar-refractivity contribution in [2.45, 2.75) is 20.3 Å². The number of H-pyrrole nitrogens is 1. The van der Waals surface area contributed by atoms with Gasteiger partial charge in [0.1, 0.15) is 0 Å². The molecule has 0 fully saturated rings. The minimum atomic E-state index is 0.993. The molecule has 0 spiro atoms. The van der Waals surface area contributed by atoms with Crippen molar-refractivity contribution in [2.24, 2.45) is 0 Å². The Morgan fingerprint density at radius 2 is 2.00 bits per heavy atom. The van der Waals surface area contributed by atoms with Crippen LogP contribution in [0.1, 0.15) is 19.4 Å². The molecule has 1 heterocycles. The van der Waals surface area contributed by atoms with E-state index in [9.17, 15) is 0 Å². The quantitative estimate of drug-likeness (QED) is 0.767. The van der Waals surface area contributed by atoms with Gasteiger partial charge in [0, 0.05) is 23.6 Å². The number of nitrogens with one attached hydrogen (secondary N) is 2. The van der Waals surface area contributed by atoms with Gasteiger partial charge in [-0.25, -0.2) is 0 Å². The highest BCUT2D eigenvalue weighted by atomic mass is 31.0. The van der Waals surface area contributed by atoms with Crippen molar-refractivity contribution >= 4 is 20.3 Å². The standard InChI is InChI=1S/C10H13N2P.C2H6/c13-12-6-5-8-7-11-10-4-2-1-3-9(8)10;1-2/h1-4,7,11-12H,5-6,13H2;1-2H3. The molecule has 1 unspecified atom stereocenters. The number of rotatable bonds is 3. The summed E-state index contributed by atoms with van der Waals surface area (Å²) in [5.74, 6) is 0. The van der Waals surface area contributed by atoms with Gasteiger partial charge in [-0.3, -0.25) is 0 Å². The molecule has 15 heavy (non-hydrogen) atoms. The number of aromatic nitrogens is 1. The molecule has 82 valence electrons. The van der Waals surface area contributed by atoms with Crippen LogP contribution < -0.4 is 5.09 Å². The van der Waals surface area contributed by atoms with Crippen molar-refractivity contribution in [1.82, 2.24) is 10.1 Å². The van der Waals surface area contributed by atoms with Crippen molar-refractivity contribution in [3.05, 3.63) is 36.0 Å². The number of hydrogen-bond donors (Lipinski definition) is 2. The van der Waals surface area contributed by atoms with Crippen molar-refractivity contribution in [1.29, 1.82) is 0 Å². The van der Waals surface area contributed by atoms with Gasteiger partial charge < -0.3 is 10.1 Å². The predicted octanol–water partition coefficient (Wildman–Crippen LogP) is 3.12. The van der Waals surface area contributed by atoms with E-state index in [-0.39, 0.29) is 0 Å². The zero-order valence-electron chi connectivity index (χ0n) is 9.38. The van der Waals surface area contributed by atoms with Crippen molar-refractivity contribution in [3.63, 3.8) is 0 Å².